The topological polar surface area (TPSA) is 44.0 Å². The first-order valence-corrected chi connectivity index (χ1v) is 4.22. The third kappa shape index (κ3) is 1.33. The van der Waals surface area contributed by atoms with Crippen molar-refractivity contribution < 1.29 is 0 Å². The Bertz CT molecular complexity index is 484. The third-order valence-electron chi connectivity index (χ3n) is 1.96. The summed E-state index contributed by atoms with van der Waals surface area (Å²) in [6, 6.07) is 2.53. The molecule has 2 heterocycles. The standard InChI is InChI=1S/C8H7ClN2O2/c9-6-3-4-10-7(12)1-2-8(13)11(10)5-6/h1-3H,4-5H2. The molecule has 1 aliphatic rings. The second-order valence-corrected chi connectivity index (χ2v) is 3.29. The molecule has 4 nitrogen and oxygen atoms in total. The lowest BCUT2D eigenvalue weighted by atomic mass is 10.4. The SMILES string of the molecule is O=c1ccc(=O)n2n1CC=C(Cl)C2. The van der Waals surface area contributed by atoms with E-state index in [0.717, 1.165) is 0 Å². The minimum absolute atomic E-state index is 0.181. The third-order valence-corrected chi connectivity index (χ3v) is 2.23. The summed E-state index contributed by atoms with van der Waals surface area (Å²) in [5.74, 6) is 0. The van der Waals surface area contributed by atoms with Gasteiger partial charge in [-0.25, -0.2) is 9.36 Å². The highest BCUT2D eigenvalue weighted by molar-refractivity contribution is 6.29. The zero-order chi connectivity index (χ0) is 9.42. The molecule has 0 fully saturated rings. The molecule has 0 radical (unpaired) electrons. The zero-order valence-corrected chi connectivity index (χ0v) is 7.49. The van der Waals surface area contributed by atoms with Crippen LogP contribution in [0.2, 0.25) is 0 Å². The van der Waals surface area contributed by atoms with Crippen LogP contribution in [0.4, 0.5) is 0 Å². The van der Waals surface area contributed by atoms with Crippen LogP contribution in [0.25, 0.3) is 0 Å². The van der Waals surface area contributed by atoms with Crippen molar-refractivity contribution in [2.45, 2.75) is 13.1 Å². The molecule has 0 spiro atoms. The van der Waals surface area contributed by atoms with Crippen molar-refractivity contribution in [3.8, 4) is 0 Å². The van der Waals surface area contributed by atoms with E-state index in [9.17, 15) is 9.59 Å². The molecule has 0 saturated carbocycles. The minimum Gasteiger partial charge on any atom is -0.268 e. The molecule has 0 amide bonds. The Hall–Kier alpha value is -1.29. The number of hydrogen-bond acceptors (Lipinski definition) is 2. The lowest BCUT2D eigenvalue weighted by Gasteiger charge is -2.17. The Morgan fingerprint density at radius 2 is 1.77 bits per heavy atom. The van der Waals surface area contributed by atoms with Gasteiger partial charge in [-0.2, -0.15) is 0 Å². The molecule has 0 aliphatic carbocycles. The fourth-order valence-electron chi connectivity index (χ4n) is 1.30. The number of nitrogens with zero attached hydrogens (tertiary/aromatic N) is 2. The van der Waals surface area contributed by atoms with Gasteiger partial charge in [0.15, 0.2) is 0 Å². The number of rotatable bonds is 0. The van der Waals surface area contributed by atoms with E-state index in [2.05, 4.69) is 0 Å². The molecule has 13 heavy (non-hydrogen) atoms. The van der Waals surface area contributed by atoms with Gasteiger partial charge in [0.2, 0.25) is 0 Å². The van der Waals surface area contributed by atoms with Crippen LogP contribution in [0.5, 0.6) is 0 Å². The van der Waals surface area contributed by atoms with Crippen LogP contribution in [0.1, 0.15) is 0 Å². The smallest absolute Gasteiger partial charge is 0.265 e. The van der Waals surface area contributed by atoms with Gasteiger partial charge >= 0.3 is 0 Å². The maximum Gasteiger partial charge on any atom is 0.265 e. The normalized spacial score (nSPS) is 15.0. The molecule has 0 atom stereocenters. The quantitative estimate of drug-likeness (QED) is 0.596. The van der Waals surface area contributed by atoms with E-state index in [1.807, 2.05) is 0 Å². The Morgan fingerprint density at radius 1 is 1.15 bits per heavy atom. The van der Waals surface area contributed by atoms with E-state index in [-0.39, 0.29) is 17.7 Å². The van der Waals surface area contributed by atoms with Gasteiger partial charge in [0.1, 0.15) is 0 Å². The molecular formula is C8H7ClN2O2. The highest BCUT2D eigenvalue weighted by Gasteiger charge is 2.09. The first-order valence-electron chi connectivity index (χ1n) is 3.84. The molecule has 0 saturated heterocycles. The van der Waals surface area contributed by atoms with Gasteiger partial charge in [-0.3, -0.25) is 9.59 Å². The first kappa shape index (κ1) is 8.31. The molecule has 0 N–H and O–H groups in total. The summed E-state index contributed by atoms with van der Waals surface area (Å²) >= 11 is 5.75. The number of fused-ring (bicyclic) bond motifs is 1. The van der Waals surface area contributed by atoms with Crippen LogP contribution in [0, 0.1) is 0 Å². The Labute approximate surface area is 78.6 Å². The van der Waals surface area contributed by atoms with Crippen molar-refractivity contribution in [3.05, 3.63) is 43.9 Å². The van der Waals surface area contributed by atoms with E-state index >= 15 is 0 Å². The highest BCUT2D eigenvalue weighted by Crippen LogP contribution is 2.07. The summed E-state index contributed by atoms with van der Waals surface area (Å²) in [5.41, 5.74) is -0.383. The fraction of sp³-hybridized carbons (Fsp3) is 0.250. The van der Waals surface area contributed by atoms with Crippen LogP contribution in [0.3, 0.4) is 0 Å². The number of hydrogen-bond donors (Lipinski definition) is 0. The molecular weight excluding hydrogens is 192 g/mol. The molecule has 0 bridgehead atoms. The van der Waals surface area contributed by atoms with E-state index < -0.39 is 0 Å². The van der Waals surface area contributed by atoms with Gasteiger partial charge in [-0.05, 0) is 6.08 Å². The van der Waals surface area contributed by atoms with Crippen molar-refractivity contribution >= 4 is 11.6 Å². The van der Waals surface area contributed by atoms with Crippen molar-refractivity contribution in [2.75, 3.05) is 0 Å². The largest absolute Gasteiger partial charge is 0.268 e. The molecule has 1 aromatic heterocycles. The molecule has 0 unspecified atom stereocenters. The lowest BCUT2D eigenvalue weighted by Crippen LogP contribution is -2.39. The van der Waals surface area contributed by atoms with Crippen molar-refractivity contribution in [2.24, 2.45) is 0 Å². The summed E-state index contributed by atoms with van der Waals surface area (Å²) in [6.07, 6.45) is 1.72. The maximum atomic E-state index is 11.3. The molecule has 5 heteroatoms. The van der Waals surface area contributed by atoms with E-state index in [1.165, 1.54) is 21.5 Å². The van der Waals surface area contributed by atoms with Crippen molar-refractivity contribution in [1.29, 1.82) is 0 Å². The van der Waals surface area contributed by atoms with Crippen molar-refractivity contribution in [1.82, 2.24) is 9.36 Å². The van der Waals surface area contributed by atoms with Crippen LogP contribution < -0.4 is 11.1 Å². The number of aromatic nitrogens is 2. The predicted molar refractivity (Wildman–Crippen MR) is 48.9 cm³/mol. The Morgan fingerprint density at radius 3 is 2.46 bits per heavy atom. The summed E-state index contributed by atoms with van der Waals surface area (Å²) in [4.78, 5) is 22.5. The van der Waals surface area contributed by atoms with Gasteiger partial charge < -0.3 is 0 Å². The molecule has 2 rings (SSSR count). The summed E-state index contributed by atoms with van der Waals surface area (Å²) < 4.78 is 2.71. The predicted octanol–water partition coefficient (Wildman–Crippen LogP) is 0.146. The molecule has 68 valence electrons. The van der Waals surface area contributed by atoms with Crippen LogP contribution in [-0.4, -0.2) is 9.36 Å². The molecule has 1 aromatic rings. The van der Waals surface area contributed by atoms with Crippen LogP contribution >= 0.6 is 11.6 Å². The Balaban J connectivity index is 2.70. The highest BCUT2D eigenvalue weighted by atomic mass is 35.5. The van der Waals surface area contributed by atoms with Gasteiger partial charge in [0, 0.05) is 17.2 Å². The first-order chi connectivity index (χ1) is 6.18. The van der Waals surface area contributed by atoms with Crippen molar-refractivity contribution in [3.63, 3.8) is 0 Å². The van der Waals surface area contributed by atoms with E-state index in [4.69, 9.17) is 11.6 Å². The van der Waals surface area contributed by atoms with Gasteiger partial charge in [-0.1, -0.05) is 11.6 Å². The second kappa shape index (κ2) is 2.88. The molecule has 1 aliphatic heterocycles. The van der Waals surface area contributed by atoms with E-state index in [1.54, 1.807) is 6.08 Å². The maximum absolute atomic E-state index is 11.3. The number of allylic oxidation sites excluding steroid dienone is 2. The van der Waals surface area contributed by atoms with Crippen LogP contribution in [-0.2, 0) is 13.1 Å². The van der Waals surface area contributed by atoms with Gasteiger partial charge in [-0.15, -0.1) is 0 Å². The lowest BCUT2D eigenvalue weighted by molar-refractivity contribution is 0.453. The van der Waals surface area contributed by atoms with Gasteiger partial charge in [0.05, 0.1) is 13.1 Å². The Kier molecular flexibility index (Phi) is 1.84. The summed E-state index contributed by atoms with van der Waals surface area (Å²) in [7, 11) is 0. The zero-order valence-electron chi connectivity index (χ0n) is 6.74. The van der Waals surface area contributed by atoms with Gasteiger partial charge in [0.25, 0.3) is 11.1 Å². The molecule has 0 aromatic carbocycles. The minimum atomic E-state index is -0.203. The monoisotopic (exact) mass is 198 g/mol. The van der Waals surface area contributed by atoms with E-state index in [0.29, 0.717) is 11.6 Å². The fourth-order valence-corrected chi connectivity index (χ4v) is 1.48. The van der Waals surface area contributed by atoms with Crippen LogP contribution in [0.15, 0.2) is 32.8 Å². The second-order valence-electron chi connectivity index (χ2n) is 2.80. The number of halogens is 1. The average Bonchev–Trinajstić information content (AvgIpc) is 2.12. The summed E-state index contributed by atoms with van der Waals surface area (Å²) in [6.45, 7) is 0.657. The average molecular weight is 199 g/mol. The summed E-state index contributed by atoms with van der Waals surface area (Å²) in [5, 5.41) is 0.590.